The van der Waals surface area contributed by atoms with Gasteiger partial charge in [-0.05, 0) is 30.5 Å². The van der Waals surface area contributed by atoms with Crippen molar-refractivity contribution >= 4 is 22.9 Å². The van der Waals surface area contributed by atoms with E-state index in [0.29, 0.717) is 22.9 Å². The second-order valence-electron chi connectivity index (χ2n) is 6.52. The first-order chi connectivity index (χ1) is 12.6. The van der Waals surface area contributed by atoms with E-state index in [1.165, 1.54) is 31.0 Å². The number of nitriles is 1. The van der Waals surface area contributed by atoms with E-state index >= 15 is 0 Å². The van der Waals surface area contributed by atoms with Gasteiger partial charge in [0, 0.05) is 11.7 Å². The van der Waals surface area contributed by atoms with Gasteiger partial charge in [-0.15, -0.1) is 0 Å². The molecule has 1 aromatic rings. The van der Waals surface area contributed by atoms with Gasteiger partial charge in [0.1, 0.15) is 6.07 Å². The summed E-state index contributed by atoms with van der Waals surface area (Å²) in [5.74, 6) is -0.0113. The van der Waals surface area contributed by atoms with Gasteiger partial charge in [0.2, 0.25) is 0 Å². The Bertz CT molecular complexity index is 830. The van der Waals surface area contributed by atoms with E-state index in [1.807, 2.05) is 6.07 Å². The van der Waals surface area contributed by atoms with E-state index in [2.05, 4.69) is 18.0 Å². The Kier molecular flexibility index (Phi) is 5.79. The zero-order chi connectivity index (χ0) is 18.5. The van der Waals surface area contributed by atoms with E-state index in [-0.39, 0.29) is 5.56 Å². The minimum Gasteiger partial charge on any atom is -0.478 e. The number of carboxylic acids is 1. The number of hydrogen-bond donors (Lipinski definition) is 2. The Morgan fingerprint density at radius 3 is 2.85 bits per heavy atom. The summed E-state index contributed by atoms with van der Waals surface area (Å²) in [5.41, 5.74) is 3.22. The number of nitrogens with zero attached hydrogens (tertiary/aromatic N) is 2. The number of hydrogen-bond acceptors (Lipinski definition) is 5. The number of allylic oxidation sites excluding steroid dienone is 2. The first-order valence-corrected chi connectivity index (χ1v) is 9.71. The molecule has 0 aromatic heterocycles. The lowest BCUT2D eigenvalue weighted by Crippen LogP contribution is -2.27. The standard InChI is InChI=1S/C20H21N3O2S/c1-13-17(11-21)18(15-7-3-2-4-8-15)23-20(22-13)26-12-14-6-5-9-16(10-14)19(24)25/h5-6,9-10,15H,1-4,7-8,12H2,(H,22,23)(H,24,25). The second-order valence-corrected chi connectivity index (χ2v) is 7.49. The molecule has 3 rings (SSSR count). The van der Waals surface area contributed by atoms with Crippen LogP contribution in [0.3, 0.4) is 0 Å². The van der Waals surface area contributed by atoms with Gasteiger partial charge in [-0.25, -0.2) is 9.79 Å². The molecule has 0 radical (unpaired) electrons. The summed E-state index contributed by atoms with van der Waals surface area (Å²) in [6.45, 7) is 3.99. The molecule has 0 spiro atoms. The molecule has 0 atom stereocenters. The Morgan fingerprint density at radius 2 is 2.15 bits per heavy atom. The molecule has 2 N–H and O–H groups in total. The summed E-state index contributed by atoms with van der Waals surface area (Å²) in [6.07, 6.45) is 5.72. The monoisotopic (exact) mass is 367 g/mol. The van der Waals surface area contributed by atoms with Crippen LogP contribution >= 0.6 is 11.8 Å². The Balaban J connectivity index is 1.77. The van der Waals surface area contributed by atoms with E-state index < -0.39 is 5.97 Å². The van der Waals surface area contributed by atoms with Crippen LogP contribution in [0.25, 0.3) is 0 Å². The van der Waals surface area contributed by atoms with Crippen molar-refractivity contribution in [3.8, 4) is 6.07 Å². The molecule has 134 valence electrons. The summed E-state index contributed by atoms with van der Waals surface area (Å²) in [4.78, 5) is 15.8. The van der Waals surface area contributed by atoms with Crippen LogP contribution in [0.5, 0.6) is 0 Å². The predicted octanol–water partition coefficient (Wildman–Crippen LogP) is 4.45. The molecule has 0 unspecified atom stereocenters. The quantitative estimate of drug-likeness (QED) is 0.821. The number of aromatic carboxylic acids is 1. The molecule has 1 aliphatic carbocycles. The van der Waals surface area contributed by atoms with Gasteiger partial charge in [0.15, 0.2) is 5.17 Å². The average molecular weight is 367 g/mol. The lowest BCUT2D eigenvalue weighted by atomic mass is 9.85. The highest BCUT2D eigenvalue weighted by Crippen LogP contribution is 2.35. The summed E-state index contributed by atoms with van der Waals surface area (Å²) in [7, 11) is 0. The molecule has 2 aliphatic rings. The summed E-state index contributed by atoms with van der Waals surface area (Å²) < 4.78 is 0. The molecule has 1 saturated carbocycles. The molecule has 1 aliphatic heterocycles. The number of carbonyl (C=O) groups is 1. The number of benzene rings is 1. The molecular formula is C20H21N3O2S. The van der Waals surface area contributed by atoms with Crippen molar-refractivity contribution < 1.29 is 9.90 Å². The van der Waals surface area contributed by atoms with Gasteiger partial charge >= 0.3 is 5.97 Å². The molecule has 1 aromatic carbocycles. The number of amidine groups is 1. The maximum absolute atomic E-state index is 11.1. The first kappa shape index (κ1) is 18.3. The molecule has 0 amide bonds. The highest BCUT2D eigenvalue weighted by Gasteiger charge is 2.26. The predicted molar refractivity (Wildman–Crippen MR) is 104 cm³/mol. The van der Waals surface area contributed by atoms with Crippen LogP contribution in [0.1, 0.15) is 48.0 Å². The molecular weight excluding hydrogens is 346 g/mol. The minimum absolute atomic E-state index is 0.278. The zero-order valence-corrected chi connectivity index (χ0v) is 15.3. The molecule has 1 heterocycles. The summed E-state index contributed by atoms with van der Waals surface area (Å²) in [6, 6.07) is 9.15. The summed E-state index contributed by atoms with van der Waals surface area (Å²) >= 11 is 1.50. The van der Waals surface area contributed by atoms with Crippen LogP contribution in [0.2, 0.25) is 0 Å². The van der Waals surface area contributed by atoms with Crippen molar-refractivity contribution in [2.75, 3.05) is 0 Å². The lowest BCUT2D eigenvalue weighted by Gasteiger charge is -2.27. The van der Waals surface area contributed by atoms with Crippen LogP contribution in [0, 0.1) is 17.2 Å². The first-order valence-electron chi connectivity index (χ1n) is 8.72. The van der Waals surface area contributed by atoms with Crippen molar-refractivity contribution in [2.45, 2.75) is 37.9 Å². The minimum atomic E-state index is -0.931. The van der Waals surface area contributed by atoms with Crippen molar-refractivity contribution in [2.24, 2.45) is 10.9 Å². The largest absolute Gasteiger partial charge is 0.478 e. The van der Waals surface area contributed by atoms with Gasteiger partial charge in [0.25, 0.3) is 0 Å². The lowest BCUT2D eigenvalue weighted by molar-refractivity contribution is 0.0697. The maximum Gasteiger partial charge on any atom is 0.335 e. The Labute approximate surface area is 157 Å². The molecule has 0 bridgehead atoms. The van der Waals surface area contributed by atoms with E-state index in [1.54, 1.807) is 18.2 Å². The molecule has 6 heteroatoms. The number of thioether (sulfide) groups is 1. The van der Waals surface area contributed by atoms with Gasteiger partial charge in [-0.2, -0.15) is 5.26 Å². The third-order valence-electron chi connectivity index (χ3n) is 4.69. The molecule has 0 saturated heterocycles. The van der Waals surface area contributed by atoms with Gasteiger partial charge in [-0.1, -0.05) is 49.7 Å². The maximum atomic E-state index is 11.1. The Hall–Kier alpha value is -2.52. The highest BCUT2D eigenvalue weighted by atomic mass is 32.2. The van der Waals surface area contributed by atoms with Crippen molar-refractivity contribution in [1.29, 1.82) is 5.26 Å². The second kappa shape index (κ2) is 8.24. The van der Waals surface area contributed by atoms with Crippen LogP contribution in [-0.4, -0.2) is 16.2 Å². The van der Waals surface area contributed by atoms with Gasteiger partial charge < -0.3 is 10.4 Å². The van der Waals surface area contributed by atoms with Gasteiger partial charge in [0.05, 0.1) is 22.5 Å². The van der Waals surface area contributed by atoms with E-state index in [4.69, 9.17) is 10.1 Å². The van der Waals surface area contributed by atoms with E-state index in [0.717, 1.165) is 29.3 Å². The average Bonchev–Trinajstić information content (AvgIpc) is 2.67. The van der Waals surface area contributed by atoms with Crippen molar-refractivity contribution in [3.63, 3.8) is 0 Å². The number of carboxylic acid groups (broad SMARTS) is 1. The number of aliphatic imine (C=N–C) groups is 1. The van der Waals surface area contributed by atoms with Gasteiger partial charge in [-0.3, -0.25) is 0 Å². The third-order valence-corrected chi connectivity index (χ3v) is 5.64. The van der Waals surface area contributed by atoms with Crippen LogP contribution < -0.4 is 5.32 Å². The molecule has 1 fully saturated rings. The Morgan fingerprint density at radius 1 is 1.38 bits per heavy atom. The fourth-order valence-electron chi connectivity index (χ4n) is 3.35. The zero-order valence-electron chi connectivity index (χ0n) is 14.5. The molecule has 26 heavy (non-hydrogen) atoms. The summed E-state index contributed by atoms with van der Waals surface area (Å²) in [5, 5.41) is 22.4. The normalized spacial score (nSPS) is 18.1. The number of rotatable bonds is 4. The highest BCUT2D eigenvalue weighted by molar-refractivity contribution is 8.13. The molecule has 5 nitrogen and oxygen atoms in total. The smallest absolute Gasteiger partial charge is 0.335 e. The fraction of sp³-hybridized carbons (Fsp3) is 0.350. The van der Waals surface area contributed by atoms with Crippen LogP contribution in [-0.2, 0) is 5.75 Å². The fourth-order valence-corrected chi connectivity index (χ4v) is 4.19. The van der Waals surface area contributed by atoms with E-state index in [9.17, 15) is 10.1 Å². The van der Waals surface area contributed by atoms with Crippen molar-refractivity contribution in [1.82, 2.24) is 5.32 Å². The van der Waals surface area contributed by atoms with Crippen LogP contribution in [0.15, 0.2) is 52.8 Å². The number of nitrogens with one attached hydrogen (secondary N) is 1. The van der Waals surface area contributed by atoms with Crippen molar-refractivity contribution in [3.05, 3.63) is 58.9 Å². The third kappa shape index (κ3) is 4.17. The SMILES string of the molecule is C=C1NC(SCc2cccc(C(=O)O)c2)=NC(C2CCCCC2)=C1C#N. The van der Waals surface area contributed by atoms with Crippen LogP contribution in [0.4, 0.5) is 0 Å². The topological polar surface area (TPSA) is 85.5 Å².